The molecule has 4 rings (SSSR count). The predicted octanol–water partition coefficient (Wildman–Crippen LogP) is 7.33. The molecule has 0 amide bonds. The predicted molar refractivity (Wildman–Crippen MR) is 144 cm³/mol. The highest BCUT2D eigenvalue weighted by Crippen LogP contribution is 2.34. The summed E-state index contributed by atoms with van der Waals surface area (Å²) in [5.41, 5.74) is 5.34. The van der Waals surface area contributed by atoms with Gasteiger partial charge in [0, 0.05) is 33.4 Å². The van der Waals surface area contributed by atoms with Gasteiger partial charge in [0.25, 0.3) is 0 Å². The second-order valence-corrected chi connectivity index (χ2v) is 10.2. The lowest BCUT2D eigenvalue weighted by Gasteiger charge is -2.14. The Balaban J connectivity index is 1.52. The Bertz CT molecular complexity index is 1260. The van der Waals surface area contributed by atoms with Gasteiger partial charge in [-0.05, 0) is 29.3 Å². The van der Waals surface area contributed by atoms with Crippen molar-refractivity contribution in [1.29, 1.82) is 5.26 Å². The third kappa shape index (κ3) is 6.43. The highest BCUT2D eigenvalue weighted by molar-refractivity contribution is 7.99. The van der Waals surface area contributed by atoms with E-state index in [1.54, 1.807) is 11.8 Å². The van der Waals surface area contributed by atoms with E-state index < -0.39 is 6.10 Å². The first-order valence-electron chi connectivity index (χ1n) is 10.8. The van der Waals surface area contributed by atoms with Crippen LogP contribution in [0.4, 0.5) is 0 Å². The van der Waals surface area contributed by atoms with Crippen LogP contribution >= 0.6 is 35.1 Å². The first kappa shape index (κ1) is 24.4. The molecule has 170 valence electrons. The summed E-state index contributed by atoms with van der Waals surface area (Å²) in [6, 6.07) is 31.9. The second kappa shape index (κ2) is 12.1. The molecule has 0 saturated carbocycles. The van der Waals surface area contributed by atoms with Gasteiger partial charge in [0.2, 0.25) is 0 Å². The molecule has 3 nitrogen and oxygen atoms in total. The number of nitrogens with zero attached hydrogens (tertiary/aromatic N) is 2. The van der Waals surface area contributed by atoms with E-state index in [4.69, 9.17) is 16.6 Å². The summed E-state index contributed by atoms with van der Waals surface area (Å²) in [6.45, 7) is 0. The van der Waals surface area contributed by atoms with Crippen LogP contribution in [0.1, 0.15) is 11.1 Å². The van der Waals surface area contributed by atoms with Crippen molar-refractivity contribution in [1.82, 2.24) is 4.98 Å². The van der Waals surface area contributed by atoms with Crippen LogP contribution in [0.3, 0.4) is 0 Å². The van der Waals surface area contributed by atoms with Crippen molar-refractivity contribution < 1.29 is 5.11 Å². The summed E-state index contributed by atoms with van der Waals surface area (Å²) in [4.78, 5) is 4.82. The van der Waals surface area contributed by atoms with Crippen LogP contribution in [0.15, 0.2) is 96.0 Å². The largest absolute Gasteiger partial charge is 0.391 e. The quantitative estimate of drug-likeness (QED) is 0.243. The Kier molecular flexibility index (Phi) is 8.67. The fourth-order valence-electron chi connectivity index (χ4n) is 3.45. The molecule has 0 aliphatic rings. The highest BCUT2D eigenvalue weighted by atomic mass is 35.5. The van der Waals surface area contributed by atoms with Gasteiger partial charge in [-0.1, -0.05) is 84.4 Å². The van der Waals surface area contributed by atoms with Gasteiger partial charge in [0.05, 0.1) is 17.4 Å². The fraction of sp³-hybridized carbons (Fsp3) is 0.143. The van der Waals surface area contributed by atoms with Crippen LogP contribution in [0, 0.1) is 11.3 Å². The van der Waals surface area contributed by atoms with Crippen LogP contribution in [-0.4, -0.2) is 27.7 Å². The molecule has 34 heavy (non-hydrogen) atoms. The normalized spacial score (nSPS) is 11.7. The van der Waals surface area contributed by atoms with Crippen molar-refractivity contribution in [2.75, 3.05) is 11.5 Å². The van der Waals surface area contributed by atoms with Gasteiger partial charge in [-0.3, -0.25) is 0 Å². The maximum atomic E-state index is 10.6. The fourth-order valence-corrected chi connectivity index (χ4v) is 5.60. The van der Waals surface area contributed by atoms with Gasteiger partial charge >= 0.3 is 0 Å². The zero-order chi connectivity index (χ0) is 23.8. The minimum atomic E-state index is -0.517. The van der Waals surface area contributed by atoms with E-state index in [0.29, 0.717) is 22.1 Å². The number of aromatic nitrogens is 1. The minimum absolute atomic E-state index is 0.460. The van der Waals surface area contributed by atoms with E-state index in [1.165, 1.54) is 17.3 Å². The summed E-state index contributed by atoms with van der Waals surface area (Å²) in [7, 11) is 0. The van der Waals surface area contributed by atoms with E-state index in [1.807, 2.05) is 91.0 Å². The molecule has 0 fully saturated rings. The summed E-state index contributed by atoms with van der Waals surface area (Å²) in [5, 5.41) is 22.0. The number of aliphatic hydroxyl groups excluding tert-OH is 1. The van der Waals surface area contributed by atoms with Crippen LogP contribution < -0.4 is 0 Å². The van der Waals surface area contributed by atoms with Crippen molar-refractivity contribution in [2.24, 2.45) is 0 Å². The smallest absolute Gasteiger partial charge is 0.115 e. The van der Waals surface area contributed by atoms with E-state index in [-0.39, 0.29) is 0 Å². The van der Waals surface area contributed by atoms with Crippen LogP contribution in [-0.2, 0) is 5.75 Å². The van der Waals surface area contributed by atoms with Gasteiger partial charge in [-0.2, -0.15) is 17.0 Å². The topological polar surface area (TPSA) is 56.9 Å². The molecule has 0 aliphatic heterocycles. The molecule has 0 saturated heterocycles. The van der Waals surface area contributed by atoms with E-state index in [0.717, 1.165) is 33.2 Å². The minimum Gasteiger partial charge on any atom is -0.391 e. The lowest BCUT2D eigenvalue weighted by Crippen LogP contribution is -2.13. The third-order valence-corrected chi connectivity index (χ3v) is 7.69. The van der Waals surface area contributed by atoms with Crippen molar-refractivity contribution in [3.05, 3.63) is 107 Å². The Labute approximate surface area is 213 Å². The number of benzene rings is 3. The number of aliphatic hydroxyl groups is 1. The van der Waals surface area contributed by atoms with Crippen molar-refractivity contribution in [3.63, 3.8) is 0 Å². The Morgan fingerprint density at radius 2 is 1.53 bits per heavy atom. The number of pyridine rings is 1. The molecule has 0 radical (unpaired) electrons. The first-order valence-corrected chi connectivity index (χ1v) is 13.3. The zero-order valence-corrected chi connectivity index (χ0v) is 20.8. The summed E-state index contributed by atoms with van der Waals surface area (Å²) < 4.78 is 0. The van der Waals surface area contributed by atoms with Crippen molar-refractivity contribution >= 4 is 35.1 Å². The average Bonchev–Trinajstić information content (AvgIpc) is 2.89. The summed E-state index contributed by atoms with van der Waals surface area (Å²) in [6.07, 6.45) is -0.517. The molecule has 1 heterocycles. The second-order valence-electron chi connectivity index (χ2n) is 7.69. The van der Waals surface area contributed by atoms with Crippen molar-refractivity contribution in [2.45, 2.75) is 16.9 Å². The number of hydrogen-bond donors (Lipinski definition) is 1. The monoisotopic (exact) mass is 502 g/mol. The van der Waals surface area contributed by atoms with Crippen LogP contribution in [0.5, 0.6) is 0 Å². The molecular weight excluding hydrogens is 480 g/mol. The molecular formula is C28H23ClN2OS2. The van der Waals surface area contributed by atoms with Gasteiger partial charge in [0.15, 0.2) is 0 Å². The number of nitriles is 1. The molecule has 1 aromatic heterocycles. The summed E-state index contributed by atoms with van der Waals surface area (Å²) in [5.74, 6) is 1.87. The van der Waals surface area contributed by atoms with Gasteiger partial charge < -0.3 is 5.11 Å². The van der Waals surface area contributed by atoms with Crippen LogP contribution in [0.25, 0.3) is 22.4 Å². The Morgan fingerprint density at radius 3 is 2.18 bits per heavy atom. The maximum absolute atomic E-state index is 10.6. The lowest BCUT2D eigenvalue weighted by atomic mass is 9.99. The lowest BCUT2D eigenvalue weighted by molar-refractivity contribution is 0.225. The van der Waals surface area contributed by atoms with E-state index >= 15 is 0 Å². The van der Waals surface area contributed by atoms with Gasteiger partial charge in [-0.25, -0.2) is 4.98 Å². The zero-order valence-electron chi connectivity index (χ0n) is 18.4. The number of rotatable bonds is 9. The molecule has 0 aliphatic carbocycles. The molecule has 1 N–H and O–H groups in total. The van der Waals surface area contributed by atoms with Gasteiger partial charge in [0.1, 0.15) is 11.1 Å². The molecule has 1 atom stereocenters. The van der Waals surface area contributed by atoms with E-state index in [9.17, 15) is 10.4 Å². The van der Waals surface area contributed by atoms with Crippen LogP contribution in [0.2, 0.25) is 5.02 Å². The first-order chi connectivity index (χ1) is 16.6. The highest BCUT2D eigenvalue weighted by Gasteiger charge is 2.17. The maximum Gasteiger partial charge on any atom is 0.115 e. The molecule has 0 spiro atoms. The molecule has 3 aromatic carbocycles. The Hall–Kier alpha value is -2.75. The molecule has 0 bridgehead atoms. The standard InChI is InChI=1S/C28H23ClN2OS2/c29-23-13-11-20(12-14-23)17-33-18-24(32)19-34-28-26(16-30)25(21-7-3-1-4-8-21)15-27(31-28)22-9-5-2-6-10-22/h1-15,24,32H,17-19H2. The number of thioether (sulfide) groups is 2. The molecule has 6 heteroatoms. The van der Waals surface area contributed by atoms with Gasteiger partial charge in [-0.15, -0.1) is 11.8 Å². The van der Waals surface area contributed by atoms with E-state index in [2.05, 4.69) is 6.07 Å². The number of hydrogen-bond acceptors (Lipinski definition) is 5. The Morgan fingerprint density at radius 1 is 0.882 bits per heavy atom. The average molecular weight is 503 g/mol. The number of halogens is 1. The third-order valence-electron chi connectivity index (χ3n) is 5.16. The molecule has 1 unspecified atom stereocenters. The SMILES string of the molecule is N#Cc1c(-c2ccccc2)cc(-c2ccccc2)nc1SCC(O)CSCc1ccc(Cl)cc1. The van der Waals surface area contributed by atoms with Crippen molar-refractivity contribution in [3.8, 4) is 28.5 Å². The molecule has 4 aromatic rings. The summed E-state index contributed by atoms with van der Waals surface area (Å²) >= 11 is 9.05.